The number of aromatic nitrogens is 4. The molecule has 4 aromatic rings. The molecular weight excluding hydrogens is 392 g/mol. The summed E-state index contributed by atoms with van der Waals surface area (Å²) >= 11 is 0. The molecule has 0 bridgehead atoms. The molecule has 2 aromatic heterocycles. The van der Waals surface area contributed by atoms with E-state index in [1.165, 1.54) is 0 Å². The van der Waals surface area contributed by atoms with Gasteiger partial charge in [-0.1, -0.05) is 49.7 Å². The molecule has 7 nitrogen and oxygen atoms in total. The van der Waals surface area contributed by atoms with Crippen molar-refractivity contribution in [1.82, 2.24) is 20.0 Å². The summed E-state index contributed by atoms with van der Waals surface area (Å²) in [4.78, 5) is 12.4. The van der Waals surface area contributed by atoms with Gasteiger partial charge in [-0.15, -0.1) is 10.2 Å². The van der Waals surface area contributed by atoms with Crippen LogP contribution in [-0.4, -0.2) is 32.6 Å². The van der Waals surface area contributed by atoms with E-state index in [0.29, 0.717) is 11.6 Å². The molecule has 4 rings (SSSR count). The lowest BCUT2D eigenvalue weighted by molar-refractivity contribution is 0.0519. The maximum atomic E-state index is 12.4. The zero-order valence-electron chi connectivity index (χ0n) is 18.0. The molecule has 0 N–H and O–H groups in total. The Hall–Kier alpha value is -3.74. The normalized spacial score (nSPS) is 11.1. The first-order valence-electron chi connectivity index (χ1n) is 10.2. The van der Waals surface area contributed by atoms with Crippen molar-refractivity contribution in [1.29, 1.82) is 0 Å². The summed E-state index contributed by atoms with van der Waals surface area (Å²) in [7, 11) is 0. The van der Waals surface area contributed by atoms with Gasteiger partial charge in [-0.05, 0) is 43.5 Å². The number of para-hydroxylation sites is 1. The van der Waals surface area contributed by atoms with Crippen molar-refractivity contribution in [3.63, 3.8) is 0 Å². The van der Waals surface area contributed by atoms with E-state index >= 15 is 0 Å². The summed E-state index contributed by atoms with van der Waals surface area (Å²) in [6.45, 7) is 8.25. The third kappa shape index (κ3) is 4.12. The highest BCUT2D eigenvalue weighted by Crippen LogP contribution is 2.30. The van der Waals surface area contributed by atoms with Crippen molar-refractivity contribution in [2.45, 2.75) is 33.6 Å². The highest BCUT2D eigenvalue weighted by Gasteiger charge is 2.23. The van der Waals surface area contributed by atoms with E-state index in [0.717, 1.165) is 22.4 Å². The standard InChI is InChI=1S/C24H24N4O3/c1-5-30-24(29)19-14-21(28(27-19)20-12-7-6-11-18(20)15(2)3)23-26-25-22(31-23)17-10-8-9-16(4)13-17/h6-15H,5H2,1-4H3. The van der Waals surface area contributed by atoms with E-state index in [-0.39, 0.29) is 24.1 Å². The number of carbonyl (C=O) groups is 1. The third-order valence-electron chi connectivity index (χ3n) is 4.89. The van der Waals surface area contributed by atoms with Gasteiger partial charge in [0.2, 0.25) is 5.89 Å². The summed E-state index contributed by atoms with van der Waals surface area (Å²) in [5.41, 5.74) is 4.57. The van der Waals surface area contributed by atoms with Gasteiger partial charge in [0.25, 0.3) is 5.89 Å². The second-order valence-corrected chi connectivity index (χ2v) is 7.54. The smallest absolute Gasteiger partial charge is 0.358 e. The minimum atomic E-state index is -0.497. The molecule has 0 aliphatic heterocycles. The van der Waals surface area contributed by atoms with Crippen LogP contribution in [0.15, 0.2) is 59.0 Å². The van der Waals surface area contributed by atoms with Gasteiger partial charge in [0, 0.05) is 11.6 Å². The molecule has 0 fully saturated rings. The van der Waals surface area contributed by atoms with Crippen LogP contribution in [0.4, 0.5) is 0 Å². The van der Waals surface area contributed by atoms with E-state index in [1.54, 1.807) is 17.7 Å². The first-order chi connectivity index (χ1) is 15.0. The van der Waals surface area contributed by atoms with Crippen molar-refractivity contribution in [2.24, 2.45) is 0 Å². The van der Waals surface area contributed by atoms with E-state index in [4.69, 9.17) is 9.15 Å². The summed E-state index contributed by atoms with van der Waals surface area (Å²) < 4.78 is 12.8. The minimum Gasteiger partial charge on any atom is -0.461 e. The highest BCUT2D eigenvalue weighted by atomic mass is 16.5. The van der Waals surface area contributed by atoms with Crippen LogP contribution in [0.5, 0.6) is 0 Å². The maximum absolute atomic E-state index is 12.4. The molecule has 0 spiro atoms. The second kappa shape index (κ2) is 8.55. The SMILES string of the molecule is CCOC(=O)c1cc(-c2nnc(-c3cccc(C)c3)o2)n(-c2ccccc2C(C)C)n1. The Labute approximate surface area is 180 Å². The molecule has 2 aromatic carbocycles. The number of hydrogen-bond acceptors (Lipinski definition) is 6. The van der Waals surface area contributed by atoms with Crippen LogP contribution in [0.3, 0.4) is 0 Å². The number of rotatable bonds is 6. The molecule has 2 heterocycles. The molecule has 0 unspecified atom stereocenters. The van der Waals surface area contributed by atoms with E-state index in [2.05, 4.69) is 29.1 Å². The van der Waals surface area contributed by atoms with Crippen LogP contribution in [0.1, 0.15) is 48.3 Å². The Morgan fingerprint density at radius 2 is 1.84 bits per heavy atom. The lowest BCUT2D eigenvalue weighted by atomic mass is 10.0. The van der Waals surface area contributed by atoms with Crippen molar-refractivity contribution in [3.8, 4) is 28.7 Å². The fourth-order valence-corrected chi connectivity index (χ4v) is 3.41. The predicted molar refractivity (Wildman–Crippen MR) is 117 cm³/mol. The zero-order chi connectivity index (χ0) is 22.0. The summed E-state index contributed by atoms with van der Waals surface area (Å²) in [5.74, 6) is 0.437. The van der Waals surface area contributed by atoms with Crippen LogP contribution in [-0.2, 0) is 4.74 Å². The maximum Gasteiger partial charge on any atom is 0.358 e. The molecule has 0 atom stereocenters. The van der Waals surface area contributed by atoms with Gasteiger partial charge in [0.1, 0.15) is 5.69 Å². The van der Waals surface area contributed by atoms with Crippen molar-refractivity contribution < 1.29 is 13.9 Å². The van der Waals surface area contributed by atoms with E-state index in [9.17, 15) is 4.79 Å². The van der Waals surface area contributed by atoms with Crippen molar-refractivity contribution in [2.75, 3.05) is 6.61 Å². The Morgan fingerprint density at radius 3 is 2.58 bits per heavy atom. The molecule has 158 valence electrons. The Kier molecular flexibility index (Phi) is 5.66. The molecule has 7 heteroatoms. The molecule has 0 amide bonds. The molecule has 31 heavy (non-hydrogen) atoms. The summed E-state index contributed by atoms with van der Waals surface area (Å²) in [6.07, 6.45) is 0. The number of hydrogen-bond donors (Lipinski definition) is 0. The molecule has 0 saturated heterocycles. The van der Waals surface area contributed by atoms with Crippen LogP contribution in [0.25, 0.3) is 28.7 Å². The minimum absolute atomic E-state index is 0.186. The fourth-order valence-electron chi connectivity index (χ4n) is 3.41. The van der Waals surface area contributed by atoms with Gasteiger partial charge in [0.15, 0.2) is 5.69 Å². The van der Waals surface area contributed by atoms with E-state index < -0.39 is 5.97 Å². The van der Waals surface area contributed by atoms with Gasteiger partial charge >= 0.3 is 5.97 Å². The van der Waals surface area contributed by atoms with E-state index in [1.807, 2.05) is 55.5 Å². The Morgan fingerprint density at radius 1 is 1.06 bits per heavy atom. The number of ether oxygens (including phenoxy) is 1. The molecule has 0 saturated carbocycles. The van der Waals surface area contributed by atoms with Gasteiger partial charge in [-0.2, -0.15) is 5.10 Å². The summed E-state index contributed by atoms with van der Waals surface area (Å²) in [6, 6.07) is 17.4. The van der Waals surface area contributed by atoms with Crippen LogP contribution in [0, 0.1) is 6.92 Å². The zero-order valence-corrected chi connectivity index (χ0v) is 18.0. The average Bonchev–Trinajstić information content (AvgIpc) is 3.41. The quantitative estimate of drug-likeness (QED) is 0.402. The van der Waals surface area contributed by atoms with Crippen LogP contribution >= 0.6 is 0 Å². The largest absolute Gasteiger partial charge is 0.461 e. The molecule has 0 radical (unpaired) electrons. The first-order valence-corrected chi connectivity index (χ1v) is 10.2. The van der Waals surface area contributed by atoms with Gasteiger partial charge in [0.05, 0.1) is 12.3 Å². The second-order valence-electron chi connectivity index (χ2n) is 7.54. The van der Waals surface area contributed by atoms with Crippen molar-refractivity contribution >= 4 is 5.97 Å². The average molecular weight is 416 g/mol. The monoisotopic (exact) mass is 416 g/mol. The Balaban J connectivity index is 1.85. The summed E-state index contributed by atoms with van der Waals surface area (Å²) in [5, 5.41) is 13.0. The fraction of sp³-hybridized carbons (Fsp3) is 0.250. The number of benzene rings is 2. The van der Waals surface area contributed by atoms with Crippen LogP contribution < -0.4 is 0 Å². The lowest BCUT2D eigenvalue weighted by Crippen LogP contribution is -2.08. The third-order valence-corrected chi connectivity index (χ3v) is 4.89. The molecular formula is C24H24N4O3. The Bertz CT molecular complexity index is 1220. The topological polar surface area (TPSA) is 83.0 Å². The lowest BCUT2D eigenvalue weighted by Gasteiger charge is -2.13. The molecule has 0 aliphatic rings. The number of esters is 1. The first kappa shape index (κ1) is 20.5. The van der Waals surface area contributed by atoms with Gasteiger partial charge in [-0.25, -0.2) is 9.48 Å². The highest BCUT2D eigenvalue weighted by molar-refractivity contribution is 5.88. The van der Waals surface area contributed by atoms with Crippen molar-refractivity contribution in [3.05, 3.63) is 71.4 Å². The predicted octanol–water partition coefficient (Wildman–Crippen LogP) is 5.20. The number of aryl methyl sites for hydroxylation is 1. The number of nitrogens with zero attached hydrogens (tertiary/aromatic N) is 4. The number of carbonyl (C=O) groups excluding carboxylic acids is 1. The van der Waals surface area contributed by atoms with Crippen LogP contribution in [0.2, 0.25) is 0 Å². The van der Waals surface area contributed by atoms with Gasteiger partial charge in [-0.3, -0.25) is 0 Å². The van der Waals surface area contributed by atoms with Gasteiger partial charge < -0.3 is 9.15 Å². The molecule has 0 aliphatic carbocycles.